The van der Waals surface area contributed by atoms with Crippen molar-refractivity contribution >= 4 is 17.2 Å². The van der Waals surface area contributed by atoms with E-state index in [1.165, 1.54) is 53.2 Å². The summed E-state index contributed by atoms with van der Waals surface area (Å²) < 4.78 is 0. The monoisotopic (exact) mass is 449 g/mol. The highest BCUT2D eigenvalue weighted by molar-refractivity contribution is 7.12. The molecule has 1 aromatic heterocycles. The summed E-state index contributed by atoms with van der Waals surface area (Å²) in [6, 6.07) is 13.7. The Hall–Kier alpha value is -1.69. The molecule has 0 N–H and O–H groups in total. The van der Waals surface area contributed by atoms with Crippen molar-refractivity contribution in [2.75, 3.05) is 26.2 Å². The SMILES string of the molecule is Cc1ccccc1CN1C[C@@H]2C[C@@H](c3ccc(CN4CCCCC4)s3)N3CCC[C@@]23C1=O. The van der Waals surface area contributed by atoms with Crippen LogP contribution >= 0.6 is 11.3 Å². The fraction of sp³-hybridized carbons (Fsp3) is 0.593. The van der Waals surface area contributed by atoms with Crippen LogP contribution in [0.3, 0.4) is 0 Å². The van der Waals surface area contributed by atoms with Gasteiger partial charge in [0.05, 0.1) is 0 Å². The van der Waals surface area contributed by atoms with E-state index >= 15 is 0 Å². The standard InChI is InChI=1S/C27H35N3OS/c1-20-8-3-4-9-21(20)17-29-18-22-16-24(30-15-7-12-27(22,30)26(29)31)25-11-10-23(32-25)19-28-13-5-2-6-14-28/h3-4,8-11,22,24H,2,5-7,12-19H2,1H3/t22-,24-,27-/m0/s1. The maximum Gasteiger partial charge on any atom is 0.243 e. The van der Waals surface area contributed by atoms with E-state index in [9.17, 15) is 4.79 Å². The first-order valence-electron chi connectivity index (χ1n) is 12.6. The number of hydrogen-bond donors (Lipinski definition) is 0. The van der Waals surface area contributed by atoms with Crippen LogP contribution in [0.1, 0.15) is 65.4 Å². The first kappa shape index (κ1) is 20.9. The molecular weight excluding hydrogens is 414 g/mol. The van der Waals surface area contributed by atoms with Gasteiger partial charge in [0.15, 0.2) is 0 Å². The molecule has 4 saturated heterocycles. The summed E-state index contributed by atoms with van der Waals surface area (Å²) in [5.74, 6) is 0.870. The van der Waals surface area contributed by atoms with E-state index in [1.807, 2.05) is 11.3 Å². The second-order valence-electron chi connectivity index (χ2n) is 10.4. The second-order valence-corrected chi connectivity index (χ2v) is 11.6. The molecule has 4 aliphatic heterocycles. The minimum Gasteiger partial charge on any atom is -0.336 e. The molecule has 6 rings (SSSR count). The molecule has 3 atom stereocenters. The van der Waals surface area contributed by atoms with Crippen LogP contribution in [-0.4, -0.2) is 52.3 Å². The molecule has 0 aliphatic carbocycles. The third-order valence-corrected chi connectivity index (χ3v) is 9.76. The smallest absolute Gasteiger partial charge is 0.243 e. The molecule has 4 nitrogen and oxygen atoms in total. The Balaban J connectivity index is 1.19. The van der Waals surface area contributed by atoms with E-state index in [0.717, 1.165) is 45.4 Å². The molecule has 5 heteroatoms. The fourth-order valence-electron chi connectivity index (χ4n) is 6.97. The number of thiophene rings is 1. The zero-order valence-electron chi connectivity index (χ0n) is 19.3. The first-order chi connectivity index (χ1) is 15.6. The lowest BCUT2D eigenvalue weighted by Gasteiger charge is -2.33. The predicted molar refractivity (Wildman–Crippen MR) is 130 cm³/mol. The molecule has 32 heavy (non-hydrogen) atoms. The Bertz CT molecular complexity index is 996. The van der Waals surface area contributed by atoms with Gasteiger partial charge in [0.25, 0.3) is 0 Å². The number of rotatable bonds is 5. The number of aryl methyl sites for hydroxylation is 1. The minimum absolute atomic E-state index is 0.232. The summed E-state index contributed by atoms with van der Waals surface area (Å²) in [5, 5.41) is 0. The Morgan fingerprint density at radius 2 is 1.84 bits per heavy atom. The minimum atomic E-state index is -0.232. The molecule has 0 saturated carbocycles. The summed E-state index contributed by atoms with van der Waals surface area (Å²) in [7, 11) is 0. The number of piperidine rings is 1. The molecule has 1 amide bonds. The van der Waals surface area contributed by atoms with Crippen molar-refractivity contribution in [3.63, 3.8) is 0 Å². The van der Waals surface area contributed by atoms with Crippen molar-refractivity contribution < 1.29 is 4.79 Å². The summed E-state index contributed by atoms with van der Waals surface area (Å²) in [4.78, 5) is 24.2. The van der Waals surface area contributed by atoms with Crippen molar-refractivity contribution in [2.45, 2.75) is 70.1 Å². The van der Waals surface area contributed by atoms with Crippen LogP contribution in [0.15, 0.2) is 36.4 Å². The van der Waals surface area contributed by atoms with Gasteiger partial charge in [-0.25, -0.2) is 0 Å². The normalized spacial score (nSPS) is 30.8. The molecule has 0 radical (unpaired) electrons. The number of benzene rings is 1. The van der Waals surface area contributed by atoms with E-state index in [1.54, 1.807) is 0 Å². The molecule has 4 fully saturated rings. The number of carbonyl (C=O) groups is 1. The second kappa shape index (κ2) is 8.27. The third-order valence-electron chi connectivity index (χ3n) is 8.59. The van der Waals surface area contributed by atoms with Gasteiger partial charge in [0.2, 0.25) is 5.91 Å². The third kappa shape index (κ3) is 3.36. The molecule has 0 bridgehead atoms. The zero-order valence-corrected chi connectivity index (χ0v) is 20.1. The van der Waals surface area contributed by atoms with Crippen LogP contribution < -0.4 is 0 Å². The predicted octanol–water partition coefficient (Wildman–Crippen LogP) is 4.98. The van der Waals surface area contributed by atoms with Gasteiger partial charge < -0.3 is 4.90 Å². The summed E-state index contributed by atoms with van der Waals surface area (Å²) in [6.45, 7) is 8.52. The zero-order chi connectivity index (χ0) is 21.7. The quantitative estimate of drug-likeness (QED) is 0.644. The van der Waals surface area contributed by atoms with E-state index in [2.05, 4.69) is 58.0 Å². The molecule has 1 aromatic carbocycles. The van der Waals surface area contributed by atoms with Gasteiger partial charge in [-0.3, -0.25) is 14.6 Å². The summed E-state index contributed by atoms with van der Waals surface area (Å²) >= 11 is 2.01. The highest BCUT2D eigenvalue weighted by atomic mass is 32.1. The van der Waals surface area contributed by atoms with Gasteiger partial charge in [-0.1, -0.05) is 30.7 Å². The Morgan fingerprint density at radius 3 is 2.69 bits per heavy atom. The van der Waals surface area contributed by atoms with Gasteiger partial charge in [-0.05, 0) is 81.9 Å². The van der Waals surface area contributed by atoms with Crippen LogP contribution in [0, 0.1) is 12.8 Å². The van der Waals surface area contributed by atoms with E-state index in [-0.39, 0.29) is 5.54 Å². The van der Waals surface area contributed by atoms with Gasteiger partial charge >= 0.3 is 0 Å². The number of hydrogen-bond acceptors (Lipinski definition) is 4. The number of amides is 1. The van der Waals surface area contributed by atoms with Crippen LogP contribution in [0.2, 0.25) is 0 Å². The molecule has 5 heterocycles. The van der Waals surface area contributed by atoms with Crippen LogP contribution in [-0.2, 0) is 17.9 Å². The van der Waals surface area contributed by atoms with Gasteiger partial charge in [0.1, 0.15) is 5.54 Å². The fourth-order valence-corrected chi connectivity index (χ4v) is 8.16. The van der Waals surface area contributed by atoms with Crippen molar-refractivity contribution in [1.82, 2.24) is 14.7 Å². The largest absolute Gasteiger partial charge is 0.336 e. The molecule has 4 aliphatic rings. The van der Waals surface area contributed by atoms with E-state index in [4.69, 9.17) is 0 Å². The highest BCUT2D eigenvalue weighted by Gasteiger charge is 2.65. The van der Waals surface area contributed by atoms with E-state index in [0.29, 0.717) is 17.9 Å². The van der Waals surface area contributed by atoms with Crippen molar-refractivity contribution in [1.29, 1.82) is 0 Å². The highest BCUT2D eigenvalue weighted by Crippen LogP contribution is 2.56. The average molecular weight is 450 g/mol. The van der Waals surface area contributed by atoms with Crippen LogP contribution in [0.25, 0.3) is 0 Å². The van der Waals surface area contributed by atoms with Gasteiger partial charge in [-0.2, -0.15) is 0 Å². The maximum atomic E-state index is 13.8. The maximum absolute atomic E-state index is 13.8. The molecule has 1 spiro atoms. The van der Waals surface area contributed by atoms with Crippen LogP contribution in [0.5, 0.6) is 0 Å². The van der Waals surface area contributed by atoms with Crippen molar-refractivity contribution in [3.8, 4) is 0 Å². The van der Waals surface area contributed by atoms with E-state index < -0.39 is 0 Å². The lowest BCUT2D eigenvalue weighted by Crippen LogP contribution is -2.49. The lowest BCUT2D eigenvalue weighted by atomic mass is 9.85. The number of carbonyl (C=O) groups excluding carboxylic acids is 1. The Labute approximate surface area is 196 Å². The summed E-state index contributed by atoms with van der Waals surface area (Å²) in [5.41, 5.74) is 2.35. The van der Waals surface area contributed by atoms with Gasteiger partial charge in [0, 0.05) is 41.3 Å². The summed E-state index contributed by atoms with van der Waals surface area (Å²) in [6.07, 6.45) is 7.42. The Morgan fingerprint density at radius 1 is 1.00 bits per heavy atom. The molecule has 170 valence electrons. The van der Waals surface area contributed by atoms with Crippen LogP contribution in [0.4, 0.5) is 0 Å². The lowest BCUT2D eigenvalue weighted by molar-refractivity contribution is -0.137. The first-order valence-corrected chi connectivity index (χ1v) is 13.4. The molecule has 0 unspecified atom stereocenters. The van der Waals surface area contributed by atoms with Gasteiger partial charge in [-0.15, -0.1) is 11.3 Å². The molecule has 2 aromatic rings. The Kier molecular flexibility index (Phi) is 5.39. The number of nitrogens with zero attached hydrogens (tertiary/aromatic N) is 3. The number of likely N-dealkylation sites (tertiary alicyclic amines) is 2. The average Bonchev–Trinajstić information content (AvgIpc) is 3.55. The van der Waals surface area contributed by atoms with Crippen molar-refractivity contribution in [3.05, 3.63) is 57.3 Å². The van der Waals surface area contributed by atoms with Crippen molar-refractivity contribution in [2.24, 2.45) is 5.92 Å². The topological polar surface area (TPSA) is 26.8 Å². The molecular formula is C27H35N3OS.